The van der Waals surface area contributed by atoms with E-state index >= 15 is 0 Å². The molecule has 0 saturated carbocycles. The number of fused-ring (bicyclic) bond motifs is 1. The third-order valence-corrected chi connectivity index (χ3v) is 5.76. The van der Waals surface area contributed by atoms with E-state index in [1.165, 1.54) is 17.5 Å². The summed E-state index contributed by atoms with van der Waals surface area (Å²) < 4.78 is 0. The van der Waals surface area contributed by atoms with Gasteiger partial charge in [-0.15, -0.1) is 12.4 Å². The molecule has 0 bridgehead atoms. The fourth-order valence-corrected chi connectivity index (χ4v) is 3.97. The molecule has 4 rings (SSSR count). The van der Waals surface area contributed by atoms with Crippen LogP contribution in [0.3, 0.4) is 0 Å². The van der Waals surface area contributed by atoms with E-state index in [2.05, 4.69) is 43.7 Å². The van der Waals surface area contributed by atoms with Crippen molar-refractivity contribution in [2.24, 2.45) is 0 Å². The predicted molar refractivity (Wildman–Crippen MR) is 123 cm³/mol. The van der Waals surface area contributed by atoms with Crippen molar-refractivity contribution < 1.29 is 14.7 Å². The Morgan fingerprint density at radius 2 is 1.97 bits per heavy atom. The average Bonchev–Trinajstić information content (AvgIpc) is 2.74. The number of anilines is 1. The van der Waals surface area contributed by atoms with Crippen molar-refractivity contribution in [3.05, 3.63) is 53.5 Å². The van der Waals surface area contributed by atoms with E-state index in [1.54, 1.807) is 17.9 Å². The first-order valence-corrected chi connectivity index (χ1v) is 10.6. The summed E-state index contributed by atoms with van der Waals surface area (Å²) in [6, 6.07) is 10.1. The predicted octanol–water partition coefficient (Wildman–Crippen LogP) is 0.690. The number of halogens is 1. The molecule has 1 atom stereocenters. The molecule has 10 heteroatoms. The van der Waals surface area contributed by atoms with E-state index < -0.39 is 6.10 Å². The minimum atomic E-state index is -0.666. The number of aliphatic hydroxyl groups excluding tert-OH is 1. The van der Waals surface area contributed by atoms with E-state index in [-0.39, 0.29) is 42.5 Å². The smallest absolute Gasteiger partial charge is 0.270 e. The fraction of sp³-hybridized carbons (Fsp3) is 0.455. The van der Waals surface area contributed by atoms with E-state index in [9.17, 15) is 14.7 Å². The Labute approximate surface area is 193 Å². The Morgan fingerprint density at radius 1 is 1.22 bits per heavy atom. The number of aliphatic hydroxyl groups is 1. The molecule has 0 radical (unpaired) electrons. The number of likely N-dealkylation sites (tertiary alicyclic amines) is 1. The van der Waals surface area contributed by atoms with Gasteiger partial charge in [0, 0.05) is 52.3 Å². The van der Waals surface area contributed by atoms with Gasteiger partial charge >= 0.3 is 0 Å². The van der Waals surface area contributed by atoms with Crippen molar-refractivity contribution in [3.8, 4) is 0 Å². The van der Waals surface area contributed by atoms with Gasteiger partial charge in [-0.1, -0.05) is 24.3 Å². The lowest BCUT2D eigenvalue weighted by Crippen LogP contribution is -2.56. The molecule has 1 unspecified atom stereocenters. The van der Waals surface area contributed by atoms with Gasteiger partial charge in [-0.05, 0) is 17.5 Å². The summed E-state index contributed by atoms with van der Waals surface area (Å²) in [5.74, 6) is 0.237. The van der Waals surface area contributed by atoms with Crippen LogP contribution in [0.15, 0.2) is 36.7 Å². The van der Waals surface area contributed by atoms with Crippen LogP contribution in [0.5, 0.6) is 0 Å². The van der Waals surface area contributed by atoms with E-state index in [0.717, 1.165) is 19.5 Å². The lowest BCUT2D eigenvalue weighted by Gasteiger charge is -2.39. The lowest BCUT2D eigenvalue weighted by atomic mass is 10.00. The molecule has 3 N–H and O–H groups in total. The maximum Gasteiger partial charge on any atom is 0.270 e. The highest BCUT2D eigenvalue weighted by Gasteiger charge is 2.28. The topological polar surface area (TPSA) is 111 Å². The number of hydrogen-bond donors (Lipinski definition) is 3. The molecule has 2 amide bonds. The second-order valence-electron chi connectivity index (χ2n) is 8.17. The van der Waals surface area contributed by atoms with E-state index in [0.29, 0.717) is 25.5 Å². The largest absolute Gasteiger partial charge is 0.390 e. The molecule has 3 heterocycles. The van der Waals surface area contributed by atoms with Crippen LogP contribution in [0.4, 0.5) is 5.82 Å². The zero-order chi connectivity index (χ0) is 21.8. The summed E-state index contributed by atoms with van der Waals surface area (Å²) in [5.41, 5.74) is 2.90. The van der Waals surface area contributed by atoms with Gasteiger partial charge in [0.25, 0.3) is 5.91 Å². The average molecular weight is 461 g/mol. The third kappa shape index (κ3) is 5.93. The summed E-state index contributed by atoms with van der Waals surface area (Å²) in [6.07, 6.45) is 1.64. The van der Waals surface area contributed by atoms with Crippen molar-refractivity contribution in [3.63, 3.8) is 0 Å². The highest BCUT2D eigenvalue weighted by atomic mass is 35.5. The van der Waals surface area contributed by atoms with Gasteiger partial charge in [-0.25, -0.2) is 9.97 Å². The van der Waals surface area contributed by atoms with Crippen molar-refractivity contribution >= 4 is 30.0 Å². The van der Waals surface area contributed by atoms with Crippen LogP contribution in [0, 0.1) is 0 Å². The number of rotatable bonds is 7. The Bertz CT molecular complexity index is 953. The second kappa shape index (κ2) is 10.7. The summed E-state index contributed by atoms with van der Waals surface area (Å²) >= 11 is 0. The van der Waals surface area contributed by atoms with Gasteiger partial charge in [0.2, 0.25) is 5.91 Å². The number of benzene rings is 1. The quantitative estimate of drug-likeness (QED) is 0.557. The molecular weight excluding hydrogens is 432 g/mol. The molecule has 32 heavy (non-hydrogen) atoms. The number of nitrogens with one attached hydrogen (secondary N) is 2. The molecular formula is C22H29ClN6O3. The van der Waals surface area contributed by atoms with Crippen LogP contribution in [0.25, 0.3) is 0 Å². The Morgan fingerprint density at radius 3 is 2.72 bits per heavy atom. The van der Waals surface area contributed by atoms with Crippen LogP contribution >= 0.6 is 12.4 Å². The molecule has 0 spiro atoms. The van der Waals surface area contributed by atoms with Gasteiger partial charge < -0.3 is 20.6 Å². The van der Waals surface area contributed by atoms with Crippen molar-refractivity contribution in [2.45, 2.75) is 32.0 Å². The second-order valence-corrected chi connectivity index (χ2v) is 8.17. The first kappa shape index (κ1) is 23.9. The monoisotopic (exact) mass is 460 g/mol. The highest BCUT2D eigenvalue weighted by Crippen LogP contribution is 2.18. The maximum absolute atomic E-state index is 12.5. The molecule has 0 aliphatic carbocycles. The van der Waals surface area contributed by atoms with Crippen LogP contribution in [-0.4, -0.2) is 81.6 Å². The standard InChI is InChI=1S/C22H28N6O3.ClH/c1-15(29)28-11-18(12-28)26-21-8-20(24-14-25-21)22(31)23-9-19(30)13-27-7-6-16-4-2-3-5-17(16)10-27;/h2-5,8,14,18-19,30H,6-7,9-13H2,1H3,(H,23,31)(H,24,25,26);1H. The van der Waals surface area contributed by atoms with Crippen molar-refractivity contribution in [1.29, 1.82) is 0 Å². The van der Waals surface area contributed by atoms with Gasteiger partial charge in [0.1, 0.15) is 17.8 Å². The van der Waals surface area contributed by atoms with Crippen LogP contribution in [0.2, 0.25) is 0 Å². The number of nitrogens with zero attached hydrogens (tertiary/aromatic N) is 4. The van der Waals surface area contributed by atoms with Crippen molar-refractivity contribution in [1.82, 2.24) is 25.1 Å². The highest BCUT2D eigenvalue weighted by molar-refractivity contribution is 5.92. The van der Waals surface area contributed by atoms with Gasteiger partial charge in [-0.2, -0.15) is 0 Å². The van der Waals surface area contributed by atoms with Gasteiger partial charge in [-0.3, -0.25) is 14.5 Å². The molecule has 172 valence electrons. The zero-order valence-corrected chi connectivity index (χ0v) is 18.8. The van der Waals surface area contributed by atoms with Crippen LogP contribution < -0.4 is 10.6 Å². The molecule has 2 aliphatic heterocycles. The molecule has 9 nitrogen and oxygen atoms in total. The number of carbonyl (C=O) groups is 2. The fourth-order valence-electron chi connectivity index (χ4n) is 3.97. The summed E-state index contributed by atoms with van der Waals surface area (Å²) in [7, 11) is 0. The maximum atomic E-state index is 12.5. The Balaban J connectivity index is 0.00000289. The third-order valence-electron chi connectivity index (χ3n) is 5.76. The lowest BCUT2D eigenvalue weighted by molar-refractivity contribution is -0.132. The molecule has 1 aromatic carbocycles. The molecule has 1 saturated heterocycles. The normalized spacial score (nSPS) is 16.9. The number of hydrogen-bond acceptors (Lipinski definition) is 7. The molecule has 2 aromatic rings. The number of aromatic nitrogens is 2. The number of β-amino-alcohol motifs (C(OH)–C–C–N with tert-alkyl or cyclic N) is 1. The first-order valence-electron chi connectivity index (χ1n) is 10.6. The van der Waals surface area contributed by atoms with E-state index in [1.807, 2.05) is 6.07 Å². The molecule has 1 aromatic heterocycles. The number of carbonyl (C=O) groups excluding carboxylic acids is 2. The van der Waals surface area contributed by atoms with Gasteiger partial charge in [0.05, 0.1) is 12.1 Å². The summed E-state index contributed by atoms with van der Waals surface area (Å²) in [4.78, 5) is 35.8. The van der Waals surface area contributed by atoms with Crippen LogP contribution in [0.1, 0.15) is 28.5 Å². The zero-order valence-electron chi connectivity index (χ0n) is 18.0. The van der Waals surface area contributed by atoms with Gasteiger partial charge in [0.15, 0.2) is 0 Å². The molecule has 2 aliphatic rings. The summed E-state index contributed by atoms with van der Waals surface area (Å²) in [5, 5.41) is 16.4. The van der Waals surface area contributed by atoms with E-state index in [4.69, 9.17) is 0 Å². The SMILES string of the molecule is CC(=O)N1CC(Nc2cc(C(=O)NCC(O)CN3CCc4ccccc4C3)ncn2)C1.Cl. The van der Waals surface area contributed by atoms with Crippen LogP contribution in [-0.2, 0) is 17.8 Å². The summed E-state index contributed by atoms with van der Waals surface area (Å²) in [6.45, 7) is 5.14. The minimum absolute atomic E-state index is 0. The Kier molecular flexibility index (Phi) is 8.00. The Hall–Kier alpha value is -2.75. The number of amides is 2. The molecule has 1 fully saturated rings. The first-order chi connectivity index (χ1) is 15.0. The minimum Gasteiger partial charge on any atom is -0.390 e. The van der Waals surface area contributed by atoms with Crippen molar-refractivity contribution in [2.75, 3.05) is 38.0 Å².